The van der Waals surface area contributed by atoms with E-state index in [1.165, 1.54) is 31.0 Å². The second-order valence-electron chi connectivity index (χ2n) is 8.17. The van der Waals surface area contributed by atoms with Crippen LogP contribution in [-0.2, 0) is 11.4 Å². The number of benzene rings is 3. The molecule has 11 heteroatoms. The lowest BCUT2D eigenvalue weighted by atomic mass is 10.1. The van der Waals surface area contributed by atoms with Crippen LogP contribution < -0.4 is 9.47 Å². The van der Waals surface area contributed by atoms with Crippen molar-refractivity contribution in [3.63, 3.8) is 0 Å². The van der Waals surface area contributed by atoms with Gasteiger partial charge < -0.3 is 9.47 Å². The molecule has 0 atom stereocenters. The van der Waals surface area contributed by atoms with Crippen molar-refractivity contribution in [2.45, 2.75) is 6.61 Å². The van der Waals surface area contributed by atoms with Crippen molar-refractivity contribution in [1.82, 2.24) is 4.90 Å². The van der Waals surface area contributed by atoms with Crippen molar-refractivity contribution >= 4 is 62.1 Å². The van der Waals surface area contributed by atoms with Crippen LogP contribution in [0.15, 0.2) is 87.2 Å². The molecule has 38 heavy (non-hydrogen) atoms. The van der Waals surface area contributed by atoms with Gasteiger partial charge in [-0.15, -0.1) is 0 Å². The molecule has 190 valence electrons. The molecule has 3 aromatic rings. The number of halogens is 1. The highest BCUT2D eigenvalue weighted by atomic mass is 79.9. The summed E-state index contributed by atoms with van der Waals surface area (Å²) in [6, 6.07) is 19.2. The molecule has 0 saturated heterocycles. The number of carbonyl (C=O) groups excluding carboxylic acids is 1. The molecule has 1 N–H and O–H groups in total. The molecule has 5 rings (SSSR count). The molecule has 2 heterocycles. The average Bonchev–Trinajstić information content (AvgIpc) is 3.34. The second-order valence-corrected chi connectivity index (χ2v) is 9.87. The lowest BCUT2D eigenvalue weighted by Gasteiger charge is -2.27. The Morgan fingerprint density at radius 1 is 1.16 bits per heavy atom. The van der Waals surface area contributed by atoms with Gasteiger partial charge in [0.2, 0.25) is 0 Å². The molecule has 0 saturated carbocycles. The Kier molecular flexibility index (Phi) is 7.12. The molecule has 2 aliphatic rings. The smallest absolute Gasteiger partial charge is 0.283 e. The highest BCUT2D eigenvalue weighted by Gasteiger charge is 2.36. The fraction of sp³-hybridized carbons (Fsp3) is 0.0741. The number of non-ortho nitro benzene ring substituents is 1. The third-order valence-corrected chi connectivity index (χ3v) is 7.19. The van der Waals surface area contributed by atoms with E-state index in [2.05, 4.69) is 20.9 Å². The van der Waals surface area contributed by atoms with Crippen LogP contribution in [0.5, 0.6) is 11.5 Å². The van der Waals surface area contributed by atoms with Crippen molar-refractivity contribution < 1.29 is 19.2 Å². The van der Waals surface area contributed by atoms with E-state index in [0.717, 1.165) is 16.8 Å². The first kappa shape index (κ1) is 25.4. The molecule has 0 bridgehead atoms. The van der Waals surface area contributed by atoms with Gasteiger partial charge in [0.1, 0.15) is 12.4 Å². The van der Waals surface area contributed by atoms with E-state index in [1.807, 2.05) is 35.7 Å². The number of thioether (sulfide) groups is 1. The molecule has 0 radical (unpaired) electrons. The van der Waals surface area contributed by atoms with Gasteiger partial charge in [-0.05, 0) is 63.0 Å². The maximum absolute atomic E-state index is 12.9. The maximum atomic E-state index is 12.9. The standard InChI is InChI=1S/C27H19BrN4O5S/c1-36-23-13-17(12-21(28)24(23)37-14-16-7-9-19(10-8-16)32(34)35)11-20-25(29)31-22(18-5-3-2-4-6-18)15-38-27(31)30-26(20)33/h2-13,15,29H,14H2,1H3/b20-11-,29-25?. The normalized spacial score (nSPS) is 15.7. The van der Waals surface area contributed by atoms with Gasteiger partial charge in [-0.3, -0.25) is 25.2 Å². The molecular formula is C27H19BrN4O5S. The number of amides is 1. The SMILES string of the molecule is COc1cc(/C=C2/C(=N)N3C(c4ccccc4)=CSC3=NC2=O)cc(Br)c1OCc1ccc([N+](=O)[O-])cc1. The van der Waals surface area contributed by atoms with Crippen LogP contribution in [0.1, 0.15) is 16.7 Å². The quantitative estimate of drug-likeness (QED) is 0.196. The Bertz CT molecular complexity index is 1550. The van der Waals surface area contributed by atoms with E-state index < -0.39 is 10.8 Å². The predicted molar refractivity (Wildman–Crippen MR) is 150 cm³/mol. The van der Waals surface area contributed by atoms with E-state index in [-0.39, 0.29) is 23.7 Å². The molecule has 0 spiro atoms. The van der Waals surface area contributed by atoms with Crippen LogP contribution in [0.3, 0.4) is 0 Å². The zero-order valence-electron chi connectivity index (χ0n) is 19.9. The van der Waals surface area contributed by atoms with Crippen LogP contribution in [0.2, 0.25) is 0 Å². The molecule has 0 unspecified atom stereocenters. The van der Waals surface area contributed by atoms with Crippen molar-refractivity contribution in [1.29, 1.82) is 5.41 Å². The lowest BCUT2D eigenvalue weighted by Crippen LogP contribution is -2.38. The number of nitro benzene ring substituents is 1. The summed E-state index contributed by atoms with van der Waals surface area (Å²) >= 11 is 4.82. The van der Waals surface area contributed by atoms with Gasteiger partial charge in [-0.1, -0.05) is 42.1 Å². The lowest BCUT2D eigenvalue weighted by molar-refractivity contribution is -0.384. The minimum atomic E-state index is -0.495. The topological polar surface area (TPSA) is 118 Å². The highest BCUT2D eigenvalue weighted by Crippen LogP contribution is 2.40. The van der Waals surface area contributed by atoms with Crippen molar-refractivity contribution in [3.05, 3.63) is 109 Å². The van der Waals surface area contributed by atoms with Crippen LogP contribution >= 0.6 is 27.7 Å². The van der Waals surface area contributed by atoms with Gasteiger partial charge in [-0.25, -0.2) is 0 Å². The summed E-state index contributed by atoms with van der Waals surface area (Å²) in [5, 5.41) is 22.0. The number of ether oxygens (including phenoxy) is 2. The molecule has 0 aromatic heterocycles. The Labute approximate surface area is 230 Å². The summed E-state index contributed by atoms with van der Waals surface area (Å²) in [6.45, 7) is 0.162. The first-order valence-electron chi connectivity index (χ1n) is 11.3. The first-order valence-corrected chi connectivity index (χ1v) is 12.9. The second kappa shape index (κ2) is 10.6. The number of aliphatic imine (C=N–C) groups is 1. The Balaban J connectivity index is 1.40. The maximum Gasteiger partial charge on any atom is 0.283 e. The summed E-state index contributed by atoms with van der Waals surface area (Å²) in [4.78, 5) is 29.1. The van der Waals surface area contributed by atoms with Gasteiger partial charge in [0.25, 0.3) is 11.6 Å². The van der Waals surface area contributed by atoms with Crippen LogP contribution in [-0.4, -0.2) is 33.8 Å². The third-order valence-electron chi connectivity index (χ3n) is 5.78. The minimum absolute atomic E-state index is 0.00286. The summed E-state index contributed by atoms with van der Waals surface area (Å²) in [5.41, 5.74) is 3.21. The Morgan fingerprint density at radius 2 is 1.89 bits per heavy atom. The molecule has 9 nitrogen and oxygen atoms in total. The summed E-state index contributed by atoms with van der Waals surface area (Å²) in [5.74, 6) is 0.385. The van der Waals surface area contributed by atoms with Crippen molar-refractivity contribution in [2.24, 2.45) is 4.99 Å². The average molecular weight is 591 g/mol. The number of methoxy groups -OCH3 is 1. The number of carbonyl (C=O) groups is 1. The number of nitrogens with one attached hydrogen (secondary N) is 1. The molecule has 2 aliphatic heterocycles. The Morgan fingerprint density at radius 3 is 2.58 bits per heavy atom. The summed E-state index contributed by atoms with van der Waals surface area (Å²) < 4.78 is 12.0. The van der Waals surface area contributed by atoms with Gasteiger partial charge in [0.05, 0.1) is 27.8 Å². The summed E-state index contributed by atoms with van der Waals surface area (Å²) in [6.07, 6.45) is 1.60. The zero-order valence-corrected chi connectivity index (χ0v) is 22.3. The molecule has 1 amide bonds. The van der Waals surface area contributed by atoms with E-state index >= 15 is 0 Å². The number of rotatable bonds is 7. The third kappa shape index (κ3) is 4.98. The van der Waals surface area contributed by atoms with Gasteiger partial charge >= 0.3 is 0 Å². The first-order chi connectivity index (χ1) is 18.4. The molecule has 3 aromatic carbocycles. The van der Waals surface area contributed by atoms with Crippen molar-refractivity contribution in [3.8, 4) is 11.5 Å². The summed E-state index contributed by atoms with van der Waals surface area (Å²) in [7, 11) is 1.50. The minimum Gasteiger partial charge on any atom is -0.493 e. The zero-order chi connectivity index (χ0) is 26.8. The monoisotopic (exact) mass is 590 g/mol. The van der Waals surface area contributed by atoms with E-state index in [4.69, 9.17) is 14.9 Å². The van der Waals surface area contributed by atoms with Gasteiger partial charge in [0.15, 0.2) is 16.7 Å². The molecular weight excluding hydrogens is 572 g/mol. The highest BCUT2D eigenvalue weighted by molar-refractivity contribution is 9.10. The molecule has 0 aliphatic carbocycles. The number of hydrogen-bond donors (Lipinski definition) is 1. The number of fused-ring (bicyclic) bond motifs is 1. The number of nitro groups is 1. The van der Waals surface area contributed by atoms with Gasteiger partial charge in [0, 0.05) is 17.5 Å². The van der Waals surface area contributed by atoms with Crippen LogP contribution in [0.25, 0.3) is 11.8 Å². The fourth-order valence-corrected chi connectivity index (χ4v) is 5.38. The van der Waals surface area contributed by atoms with E-state index in [0.29, 0.717) is 26.7 Å². The van der Waals surface area contributed by atoms with Crippen LogP contribution in [0.4, 0.5) is 5.69 Å². The Hall–Kier alpha value is -4.22. The van der Waals surface area contributed by atoms with E-state index in [9.17, 15) is 14.9 Å². The van der Waals surface area contributed by atoms with E-state index in [1.54, 1.807) is 35.2 Å². The van der Waals surface area contributed by atoms with Crippen molar-refractivity contribution in [2.75, 3.05) is 7.11 Å². The van der Waals surface area contributed by atoms with Gasteiger partial charge in [-0.2, -0.15) is 4.99 Å². The number of nitrogens with zero attached hydrogens (tertiary/aromatic N) is 3. The fourth-order valence-electron chi connectivity index (χ4n) is 3.91. The number of amidine groups is 2. The predicted octanol–water partition coefficient (Wildman–Crippen LogP) is 6.25. The largest absolute Gasteiger partial charge is 0.493 e. The number of hydrogen-bond acceptors (Lipinski definition) is 7. The van der Waals surface area contributed by atoms with Crippen LogP contribution in [0, 0.1) is 15.5 Å². The molecule has 0 fully saturated rings.